The Morgan fingerprint density at radius 1 is 1.39 bits per heavy atom. The second-order valence-corrected chi connectivity index (χ2v) is 5.74. The maximum absolute atomic E-state index is 12.2. The van der Waals surface area contributed by atoms with E-state index in [2.05, 4.69) is 17.4 Å². The minimum Gasteiger partial charge on any atom is -0.313 e. The molecule has 1 aliphatic rings. The first-order chi connectivity index (χ1) is 8.46. The van der Waals surface area contributed by atoms with E-state index in [-0.39, 0.29) is 0 Å². The van der Waals surface area contributed by atoms with E-state index in [1.54, 1.807) is 18.7 Å². The third kappa shape index (κ3) is 3.65. The molecule has 1 heterocycles. The fraction of sp³-hybridized carbons (Fsp3) is 0.538. The van der Waals surface area contributed by atoms with Gasteiger partial charge in [0.25, 0.3) is 0 Å². The van der Waals surface area contributed by atoms with Crippen LogP contribution in [0.1, 0.15) is 24.8 Å². The minimum absolute atomic E-state index is 0.321. The Hall–Kier alpha value is -0.680. The van der Waals surface area contributed by atoms with Gasteiger partial charge in [-0.1, -0.05) is 18.2 Å². The molecule has 0 saturated heterocycles. The first-order valence-corrected chi connectivity index (χ1v) is 6.96. The first kappa shape index (κ1) is 13.7. The van der Waals surface area contributed by atoms with Crippen LogP contribution in [0.5, 0.6) is 0 Å². The molecule has 1 aromatic rings. The zero-order chi connectivity index (χ0) is 13.2. The van der Waals surface area contributed by atoms with Gasteiger partial charge in [0.1, 0.15) is 0 Å². The summed E-state index contributed by atoms with van der Waals surface area (Å²) in [5.74, 6) is 1.27. The molecular weight excluding hydrogens is 259 g/mol. The maximum atomic E-state index is 12.2. The molecule has 1 aliphatic heterocycles. The summed E-state index contributed by atoms with van der Waals surface area (Å²) in [5, 5.41) is 2.99. The van der Waals surface area contributed by atoms with Crippen molar-refractivity contribution in [2.75, 3.05) is 12.3 Å². The van der Waals surface area contributed by atoms with E-state index in [1.807, 2.05) is 12.1 Å². The molecule has 1 nitrogen and oxygen atoms in total. The van der Waals surface area contributed by atoms with E-state index in [0.717, 1.165) is 5.75 Å². The average molecular weight is 275 g/mol. The van der Waals surface area contributed by atoms with Crippen LogP contribution < -0.4 is 5.32 Å². The third-order valence-corrected chi connectivity index (χ3v) is 4.30. The SMILES string of the molecule is CC(CC(F)(F)F)NCC1CSc2ccccc21. The monoisotopic (exact) mass is 275 g/mol. The largest absolute Gasteiger partial charge is 0.390 e. The van der Waals surface area contributed by atoms with Gasteiger partial charge in [0.05, 0.1) is 6.42 Å². The maximum Gasteiger partial charge on any atom is 0.390 e. The molecule has 18 heavy (non-hydrogen) atoms. The minimum atomic E-state index is -4.09. The number of benzene rings is 1. The highest BCUT2D eigenvalue weighted by Gasteiger charge is 2.30. The summed E-state index contributed by atoms with van der Waals surface area (Å²) in [5.41, 5.74) is 1.26. The molecule has 2 unspecified atom stereocenters. The summed E-state index contributed by atoms with van der Waals surface area (Å²) < 4.78 is 36.6. The summed E-state index contributed by atoms with van der Waals surface area (Å²) in [6, 6.07) is 7.59. The van der Waals surface area contributed by atoms with Crippen molar-refractivity contribution in [3.63, 3.8) is 0 Å². The van der Waals surface area contributed by atoms with E-state index < -0.39 is 18.6 Å². The average Bonchev–Trinajstić information content (AvgIpc) is 2.67. The second-order valence-electron chi connectivity index (χ2n) is 4.67. The lowest BCUT2D eigenvalue weighted by Gasteiger charge is -2.18. The lowest BCUT2D eigenvalue weighted by molar-refractivity contribution is -0.139. The van der Waals surface area contributed by atoms with Crippen molar-refractivity contribution in [2.24, 2.45) is 0 Å². The van der Waals surface area contributed by atoms with Crippen LogP contribution >= 0.6 is 11.8 Å². The Balaban J connectivity index is 1.85. The second kappa shape index (κ2) is 5.53. The van der Waals surface area contributed by atoms with Gasteiger partial charge < -0.3 is 5.32 Å². The number of hydrogen-bond donors (Lipinski definition) is 1. The molecule has 0 saturated carbocycles. The molecule has 5 heteroatoms. The van der Waals surface area contributed by atoms with Gasteiger partial charge in [-0.15, -0.1) is 11.8 Å². The van der Waals surface area contributed by atoms with Gasteiger partial charge in [-0.2, -0.15) is 13.2 Å². The Morgan fingerprint density at radius 3 is 2.83 bits per heavy atom. The van der Waals surface area contributed by atoms with Crippen LogP contribution in [-0.4, -0.2) is 24.5 Å². The summed E-state index contributed by atoms with van der Waals surface area (Å²) >= 11 is 1.78. The Morgan fingerprint density at radius 2 is 2.11 bits per heavy atom. The first-order valence-electron chi connectivity index (χ1n) is 5.97. The van der Waals surface area contributed by atoms with Crippen molar-refractivity contribution >= 4 is 11.8 Å². The number of alkyl halides is 3. The van der Waals surface area contributed by atoms with Crippen molar-refractivity contribution in [1.29, 1.82) is 0 Å². The zero-order valence-electron chi connectivity index (χ0n) is 10.1. The normalized spacial score (nSPS) is 20.8. The number of thioether (sulfide) groups is 1. The van der Waals surface area contributed by atoms with Crippen LogP contribution in [0.2, 0.25) is 0 Å². The van der Waals surface area contributed by atoms with E-state index in [9.17, 15) is 13.2 Å². The van der Waals surface area contributed by atoms with Crippen LogP contribution in [0.3, 0.4) is 0 Å². The fourth-order valence-corrected chi connectivity index (χ4v) is 3.42. The summed E-state index contributed by atoms with van der Waals surface area (Å²) in [7, 11) is 0. The third-order valence-electron chi connectivity index (χ3n) is 3.05. The van der Waals surface area contributed by atoms with Gasteiger partial charge >= 0.3 is 6.18 Å². The highest BCUT2D eigenvalue weighted by Crippen LogP contribution is 2.38. The van der Waals surface area contributed by atoms with Crippen LogP contribution in [0, 0.1) is 0 Å². The molecular formula is C13H16F3NS. The van der Waals surface area contributed by atoms with Crippen molar-refractivity contribution < 1.29 is 13.2 Å². The molecule has 0 amide bonds. The van der Waals surface area contributed by atoms with Crippen molar-refractivity contribution in [3.05, 3.63) is 29.8 Å². The van der Waals surface area contributed by atoms with E-state index >= 15 is 0 Å². The smallest absolute Gasteiger partial charge is 0.313 e. The van der Waals surface area contributed by atoms with E-state index in [4.69, 9.17) is 0 Å². The van der Waals surface area contributed by atoms with Gasteiger partial charge in [0.2, 0.25) is 0 Å². The Labute approximate surface area is 109 Å². The Bertz CT molecular complexity index is 405. The number of nitrogens with one attached hydrogen (secondary N) is 1. The van der Waals surface area contributed by atoms with Gasteiger partial charge in [-0.05, 0) is 18.6 Å². The zero-order valence-corrected chi connectivity index (χ0v) is 10.9. The summed E-state index contributed by atoms with van der Waals surface area (Å²) in [6.07, 6.45) is -4.86. The summed E-state index contributed by atoms with van der Waals surface area (Å²) in [6.45, 7) is 2.20. The lowest BCUT2D eigenvalue weighted by Crippen LogP contribution is -2.34. The number of hydrogen-bond acceptors (Lipinski definition) is 2. The highest BCUT2D eigenvalue weighted by atomic mass is 32.2. The van der Waals surface area contributed by atoms with Crippen LogP contribution in [0.15, 0.2) is 29.2 Å². The molecule has 0 radical (unpaired) electrons. The molecule has 2 rings (SSSR count). The Kier molecular flexibility index (Phi) is 4.22. The van der Waals surface area contributed by atoms with Crippen LogP contribution in [-0.2, 0) is 0 Å². The summed E-state index contributed by atoms with van der Waals surface area (Å²) in [4.78, 5) is 1.26. The lowest BCUT2D eigenvalue weighted by atomic mass is 10.0. The predicted molar refractivity (Wildman–Crippen MR) is 68.0 cm³/mol. The van der Waals surface area contributed by atoms with Crippen molar-refractivity contribution in [3.8, 4) is 0 Å². The quantitative estimate of drug-likeness (QED) is 0.897. The molecule has 0 aliphatic carbocycles. The number of fused-ring (bicyclic) bond motifs is 1. The van der Waals surface area contributed by atoms with Gasteiger partial charge in [0, 0.05) is 29.2 Å². The molecule has 1 N–H and O–H groups in total. The van der Waals surface area contributed by atoms with Crippen molar-refractivity contribution in [2.45, 2.75) is 36.4 Å². The van der Waals surface area contributed by atoms with Crippen LogP contribution in [0.25, 0.3) is 0 Å². The van der Waals surface area contributed by atoms with Gasteiger partial charge in [0.15, 0.2) is 0 Å². The van der Waals surface area contributed by atoms with Gasteiger partial charge in [-0.25, -0.2) is 0 Å². The van der Waals surface area contributed by atoms with Crippen molar-refractivity contribution in [1.82, 2.24) is 5.32 Å². The highest BCUT2D eigenvalue weighted by molar-refractivity contribution is 7.99. The molecule has 2 atom stereocenters. The molecule has 0 spiro atoms. The predicted octanol–water partition coefficient (Wildman–Crippen LogP) is 3.81. The number of halogens is 3. The number of rotatable bonds is 4. The molecule has 0 aromatic heterocycles. The molecule has 100 valence electrons. The fourth-order valence-electron chi connectivity index (χ4n) is 2.16. The van der Waals surface area contributed by atoms with Gasteiger partial charge in [-0.3, -0.25) is 0 Å². The standard InChI is InChI=1S/C13H16F3NS/c1-9(6-13(14,15)16)17-7-10-8-18-12-5-3-2-4-11(10)12/h2-5,9-10,17H,6-8H2,1H3. The molecule has 1 aromatic carbocycles. The van der Waals surface area contributed by atoms with E-state index in [1.165, 1.54) is 10.5 Å². The molecule has 0 bridgehead atoms. The topological polar surface area (TPSA) is 12.0 Å². The molecule has 0 fully saturated rings. The van der Waals surface area contributed by atoms with Crippen LogP contribution in [0.4, 0.5) is 13.2 Å². The van der Waals surface area contributed by atoms with E-state index in [0.29, 0.717) is 12.5 Å².